The Balaban J connectivity index is 1.53. The van der Waals surface area contributed by atoms with Gasteiger partial charge >= 0.3 is 0 Å². The van der Waals surface area contributed by atoms with Crippen LogP contribution in [0.25, 0.3) is 10.9 Å². The Bertz CT molecular complexity index is 1380. The molecule has 34 heavy (non-hydrogen) atoms. The third-order valence-corrected chi connectivity index (χ3v) is 7.06. The summed E-state index contributed by atoms with van der Waals surface area (Å²) in [5, 5.41) is 6.01. The molecular weight excluding hydrogens is 426 g/mol. The summed E-state index contributed by atoms with van der Waals surface area (Å²) in [5.74, 6) is 2.09. The first kappa shape index (κ1) is 22.2. The summed E-state index contributed by atoms with van der Waals surface area (Å²) < 4.78 is 10.1. The van der Waals surface area contributed by atoms with Crippen molar-refractivity contribution in [2.75, 3.05) is 7.11 Å². The molecular formula is C27H31N5O2. The van der Waals surface area contributed by atoms with Crippen molar-refractivity contribution in [1.29, 1.82) is 0 Å². The van der Waals surface area contributed by atoms with E-state index in [4.69, 9.17) is 14.7 Å². The lowest BCUT2D eigenvalue weighted by molar-refractivity contribution is 0.125. The molecule has 0 aliphatic heterocycles. The molecule has 3 heterocycles. The Kier molecular flexibility index (Phi) is 5.86. The van der Waals surface area contributed by atoms with Crippen LogP contribution in [-0.4, -0.2) is 31.9 Å². The zero-order valence-electron chi connectivity index (χ0n) is 20.5. The number of aromatic nitrogens is 4. The minimum Gasteiger partial charge on any atom is -0.496 e. The van der Waals surface area contributed by atoms with E-state index in [9.17, 15) is 0 Å². The first-order valence-corrected chi connectivity index (χ1v) is 11.7. The highest BCUT2D eigenvalue weighted by Gasteiger charge is 2.31. The molecule has 0 saturated heterocycles. The van der Waals surface area contributed by atoms with E-state index in [1.54, 1.807) is 7.11 Å². The van der Waals surface area contributed by atoms with Crippen molar-refractivity contribution in [3.63, 3.8) is 0 Å². The standard InChI is InChI=1S/C27H31N5O2/c1-17-14-29-22(18(2)27(17)33-5)16-34-30-26-20(15-32-13-12-28-19(32)3)10-11-24-25(26)21-8-6-7-9-23(21)31(24)4/h6-9,12-14,20H,10-11,15-16H2,1-5H3. The number of rotatable bonds is 6. The van der Waals surface area contributed by atoms with Crippen molar-refractivity contribution in [2.24, 2.45) is 18.1 Å². The van der Waals surface area contributed by atoms with Gasteiger partial charge < -0.3 is 18.7 Å². The topological polar surface area (TPSA) is 66.5 Å². The number of aryl methyl sites for hydroxylation is 3. The molecule has 1 atom stereocenters. The monoisotopic (exact) mass is 457 g/mol. The molecule has 1 aliphatic carbocycles. The molecule has 0 N–H and O–H groups in total. The number of ether oxygens (including phenoxy) is 1. The van der Waals surface area contributed by atoms with E-state index in [0.717, 1.165) is 53.5 Å². The van der Waals surface area contributed by atoms with Crippen LogP contribution in [0.4, 0.5) is 0 Å². The number of methoxy groups -OCH3 is 1. The quantitative estimate of drug-likeness (QED) is 0.387. The van der Waals surface area contributed by atoms with Crippen LogP contribution in [0.3, 0.4) is 0 Å². The lowest BCUT2D eigenvalue weighted by atomic mass is 9.84. The third-order valence-electron chi connectivity index (χ3n) is 7.06. The van der Waals surface area contributed by atoms with Gasteiger partial charge in [0, 0.05) is 71.4 Å². The molecule has 1 aliphatic rings. The van der Waals surface area contributed by atoms with Crippen LogP contribution in [0.5, 0.6) is 5.75 Å². The average molecular weight is 458 g/mol. The van der Waals surface area contributed by atoms with Crippen LogP contribution in [0, 0.1) is 26.7 Å². The van der Waals surface area contributed by atoms with Gasteiger partial charge in [-0.2, -0.15) is 0 Å². The van der Waals surface area contributed by atoms with Gasteiger partial charge in [-0.25, -0.2) is 4.98 Å². The highest BCUT2D eigenvalue weighted by Crippen LogP contribution is 2.35. The van der Waals surface area contributed by atoms with Gasteiger partial charge in [-0.1, -0.05) is 23.4 Å². The van der Waals surface area contributed by atoms with Crippen LogP contribution in [0.2, 0.25) is 0 Å². The van der Waals surface area contributed by atoms with Crippen molar-refractivity contribution >= 4 is 16.6 Å². The molecule has 176 valence electrons. The molecule has 7 nitrogen and oxygen atoms in total. The van der Waals surface area contributed by atoms with E-state index in [1.807, 2.05) is 39.4 Å². The van der Waals surface area contributed by atoms with Crippen molar-refractivity contribution in [2.45, 2.75) is 46.8 Å². The zero-order valence-corrected chi connectivity index (χ0v) is 20.5. The van der Waals surface area contributed by atoms with Crippen molar-refractivity contribution in [3.05, 3.63) is 76.8 Å². The number of hydrogen-bond donors (Lipinski definition) is 0. The highest BCUT2D eigenvalue weighted by molar-refractivity contribution is 6.13. The summed E-state index contributed by atoms with van der Waals surface area (Å²) in [5.41, 5.74) is 7.58. The predicted molar refractivity (Wildman–Crippen MR) is 133 cm³/mol. The summed E-state index contributed by atoms with van der Waals surface area (Å²) >= 11 is 0. The van der Waals surface area contributed by atoms with Crippen LogP contribution in [0.1, 0.15) is 40.3 Å². The minimum atomic E-state index is 0.229. The number of pyridine rings is 1. The Morgan fingerprint density at radius 3 is 2.74 bits per heavy atom. The van der Waals surface area contributed by atoms with Gasteiger partial charge in [0.25, 0.3) is 0 Å². The summed E-state index contributed by atoms with van der Waals surface area (Å²) in [6.07, 6.45) is 7.73. The van der Waals surface area contributed by atoms with E-state index in [1.165, 1.54) is 22.2 Å². The zero-order chi connectivity index (χ0) is 23.8. The van der Waals surface area contributed by atoms with Crippen molar-refractivity contribution in [3.8, 4) is 5.75 Å². The largest absolute Gasteiger partial charge is 0.496 e. The summed E-state index contributed by atoms with van der Waals surface area (Å²) in [4.78, 5) is 15.0. The molecule has 4 aromatic rings. The first-order valence-electron chi connectivity index (χ1n) is 11.7. The SMILES string of the molecule is COc1c(C)cnc(CON=C2c3c(n(C)c4ccccc34)CCC2Cn2ccnc2C)c1C. The van der Waals surface area contributed by atoms with Crippen LogP contribution < -0.4 is 4.74 Å². The lowest BCUT2D eigenvalue weighted by Crippen LogP contribution is -2.28. The first-order chi connectivity index (χ1) is 16.5. The van der Waals surface area contributed by atoms with Crippen molar-refractivity contribution in [1.82, 2.24) is 19.1 Å². The molecule has 7 heteroatoms. The van der Waals surface area contributed by atoms with Crippen LogP contribution >= 0.6 is 0 Å². The molecule has 1 aromatic carbocycles. The molecule has 0 bridgehead atoms. The fourth-order valence-corrected chi connectivity index (χ4v) is 5.19. The minimum absolute atomic E-state index is 0.229. The maximum absolute atomic E-state index is 6.01. The second kappa shape index (κ2) is 8.97. The van der Waals surface area contributed by atoms with Gasteiger partial charge in [-0.15, -0.1) is 0 Å². The predicted octanol–water partition coefficient (Wildman–Crippen LogP) is 4.89. The Labute approximate surface area is 200 Å². The summed E-state index contributed by atoms with van der Waals surface area (Å²) in [6.45, 7) is 7.17. The number of imidazole rings is 1. The van der Waals surface area contributed by atoms with E-state index >= 15 is 0 Å². The number of benzene rings is 1. The molecule has 0 radical (unpaired) electrons. The van der Waals surface area contributed by atoms with Crippen LogP contribution in [-0.2, 0) is 31.5 Å². The van der Waals surface area contributed by atoms with E-state index in [2.05, 4.69) is 50.4 Å². The van der Waals surface area contributed by atoms with E-state index in [-0.39, 0.29) is 5.92 Å². The molecule has 5 rings (SSSR count). The molecule has 0 spiro atoms. The normalized spacial score (nSPS) is 16.7. The molecule has 0 fully saturated rings. The van der Waals surface area contributed by atoms with Crippen molar-refractivity contribution < 1.29 is 9.57 Å². The Morgan fingerprint density at radius 1 is 1.15 bits per heavy atom. The van der Waals surface area contributed by atoms with Gasteiger partial charge in [0.05, 0.1) is 18.5 Å². The number of hydrogen-bond acceptors (Lipinski definition) is 5. The smallest absolute Gasteiger partial charge is 0.159 e. The number of oxime groups is 1. The molecule has 1 unspecified atom stereocenters. The Hall–Kier alpha value is -3.61. The van der Waals surface area contributed by atoms with Gasteiger partial charge in [-0.05, 0) is 39.7 Å². The van der Waals surface area contributed by atoms with Gasteiger partial charge in [-0.3, -0.25) is 4.98 Å². The fourth-order valence-electron chi connectivity index (χ4n) is 5.19. The van der Waals surface area contributed by atoms with Gasteiger partial charge in [0.2, 0.25) is 0 Å². The second-order valence-electron chi connectivity index (χ2n) is 9.06. The summed E-state index contributed by atoms with van der Waals surface area (Å²) in [6, 6.07) is 8.54. The second-order valence-corrected chi connectivity index (χ2v) is 9.06. The third kappa shape index (κ3) is 3.75. The van der Waals surface area contributed by atoms with E-state index < -0.39 is 0 Å². The number of para-hydroxylation sites is 1. The molecule has 0 amide bonds. The number of fused-ring (bicyclic) bond motifs is 3. The maximum Gasteiger partial charge on any atom is 0.159 e. The number of nitrogens with zero attached hydrogens (tertiary/aromatic N) is 5. The fraction of sp³-hybridized carbons (Fsp3) is 0.370. The molecule has 0 saturated carbocycles. The van der Waals surface area contributed by atoms with E-state index in [0.29, 0.717) is 6.61 Å². The van der Waals surface area contributed by atoms with Crippen LogP contribution in [0.15, 0.2) is 48.0 Å². The van der Waals surface area contributed by atoms with Gasteiger partial charge in [0.1, 0.15) is 11.6 Å². The van der Waals surface area contributed by atoms with Gasteiger partial charge in [0.15, 0.2) is 6.61 Å². The summed E-state index contributed by atoms with van der Waals surface area (Å²) in [7, 11) is 3.83. The lowest BCUT2D eigenvalue weighted by Gasteiger charge is -2.26. The maximum atomic E-state index is 6.01. The average Bonchev–Trinajstić information content (AvgIpc) is 3.37. The molecule has 3 aromatic heterocycles. The Morgan fingerprint density at radius 2 is 1.97 bits per heavy atom. The highest BCUT2D eigenvalue weighted by atomic mass is 16.6.